The molecule has 0 spiro atoms. The highest BCUT2D eigenvalue weighted by Gasteiger charge is 2.32. The van der Waals surface area contributed by atoms with E-state index in [2.05, 4.69) is 10.5 Å². The van der Waals surface area contributed by atoms with Crippen LogP contribution in [-0.4, -0.2) is 18.2 Å². The van der Waals surface area contributed by atoms with Crippen LogP contribution in [0.3, 0.4) is 0 Å². The molecule has 2 aromatic carbocycles. The molecule has 0 aliphatic rings. The summed E-state index contributed by atoms with van der Waals surface area (Å²) in [5.41, 5.74) is 1.11. The number of carbonyl (C=O) groups is 1. The number of rotatable bonds is 5. The summed E-state index contributed by atoms with van der Waals surface area (Å²) in [5.74, 6) is -0.415. The molecule has 0 aliphatic carbocycles. The number of hydrogen-bond acceptors (Lipinski definition) is 3. The molecule has 1 atom stereocenters. The summed E-state index contributed by atoms with van der Waals surface area (Å²) in [6.07, 6.45) is -4.58. The Kier molecular flexibility index (Phi) is 6.50. The molecule has 0 aromatic heterocycles. The molecule has 0 bridgehead atoms. The fourth-order valence-corrected chi connectivity index (χ4v) is 2.39. The molecular weight excluding hydrogens is 392 g/mol. The number of halogens is 5. The minimum atomic E-state index is -4.52. The molecule has 1 amide bonds. The average molecular weight is 405 g/mol. The Balaban J connectivity index is 2.01. The van der Waals surface area contributed by atoms with Crippen molar-refractivity contribution < 1.29 is 22.7 Å². The summed E-state index contributed by atoms with van der Waals surface area (Å²) in [5, 5.41) is 4.19. The lowest BCUT2D eigenvalue weighted by Gasteiger charge is -2.14. The van der Waals surface area contributed by atoms with Crippen LogP contribution in [-0.2, 0) is 11.0 Å². The maximum absolute atomic E-state index is 12.9. The van der Waals surface area contributed by atoms with Gasteiger partial charge in [0.25, 0.3) is 5.91 Å². The summed E-state index contributed by atoms with van der Waals surface area (Å²) in [4.78, 5) is 12.0. The third-order valence-corrected chi connectivity index (χ3v) is 3.74. The van der Waals surface area contributed by atoms with Gasteiger partial charge in [-0.15, -0.1) is 0 Å². The summed E-state index contributed by atoms with van der Waals surface area (Å²) in [6.45, 7) is 1.44. The zero-order valence-corrected chi connectivity index (χ0v) is 14.9. The lowest BCUT2D eigenvalue weighted by atomic mass is 10.1. The van der Waals surface area contributed by atoms with E-state index in [9.17, 15) is 18.0 Å². The van der Waals surface area contributed by atoms with Gasteiger partial charge in [0.05, 0.1) is 16.8 Å². The van der Waals surface area contributed by atoms with Crippen molar-refractivity contribution in [3.63, 3.8) is 0 Å². The largest absolute Gasteiger partial charge is 0.479 e. The van der Waals surface area contributed by atoms with Gasteiger partial charge in [-0.05, 0) is 31.2 Å². The molecule has 1 unspecified atom stereocenters. The minimum Gasteiger partial charge on any atom is -0.479 e. The van der Waals surface area contributed by atoms with Gasteiger partial charge < -0.3 is 4.74 Å². The molecule has 26 heavy (non-hydrogen) atoms. The van der Waals surface area contributed by atoms with Crippen molar-refractivity contribution in [3.05, 3.63) is 63.6 Å². The van der Waals surface area contributed by atoms with E-state index in [4.69, 9.17) is 27.9 Å². The molecule has 1 N–H and O–H groups in total. The number of ether oxygens (including phenoxy) is 1. The lowest BCUT2D eigenvalue weighted by molar-refractivity contribution is -0.137. The molecular formula is C17H13Cl2F3N2O2. The van der Waals surface area contributed by atoms with Gasteiger partial charge in [0.2, 0.25) is 0 Å². The van der Waals surface area contributed by atoms with Gasteiger partial charge in [0.1, 0.15) is 5.75 Å². The van der Waals surface area contributed by atoms with Crippen molar-refractivity contribution >= 4 is 35.3 Å². The third kappa shape index (κ3) is 5.37. The van der Waals surface area contributed by atoms with Crippen LogP contribution in [0.25, 0.3) is 0 Å². The van der Waals surface area contributed by atoms with Crippen LogP contribution in [0, 0.1) is 0 Å². The number of amides is 1. The number of hydrazone groups is 1. The van der Waals surface area contributed by atoms with Crippen LogP contribution in [0.4, 0.5) is 13.2 Å². The van der Waals surface area contributed by atoms with E-state index in [1.807, 2.05) is 0 Å². The predicted octanol–water partition coefficient (Wildman–Crippen LogP) is 4.93. The van der Waals surface area contributed by atoms with Crippen molar-refractivity contribution in [1.29, 1.82) is 0 Å². The van der Waals surface area contributed by atoms with Crippen molar-refractivity contribution in [3.8, 4) is 5.75 Å². The smallest absolute Gasteiger partial charge is 0.417 e. The maximum atomic E-state index is 12.9. The topological polar surface area (TPSA) is 50.7 Å². The second-order valence-corrected chi connectivity index (χ2v) is 6.00. The predicted molar refractivity (Wildman–Crippen MR) is 93.7 cm³/mol. The Labute approximate surface area is 157 Å². The first-order valence-corrected chi connectivity index (χ1v) is 8.05. The monoisotopic (exact) mass is 404 g/mol. The minimum absolute atomic E-state index is 0.172. The number of carbonyl (C=O) groups excluding carboxylic acids is 1. The van der Waals surface area contributed by atoms with Crippen molar-refractivity contribution in [1.82, 2.24) is 5.43 Å². The Morgan fingerprint density at radius 3 is 2.58 bits per heavy atom. The quantitative estimate of drug-likeness (QED) is 0.567. The lowest BCUT2D eigenvalue weighted by Crippen LogP contribution is -2.33. The van der Waals surface area contributed by atoms with E-state index in [-0.39, 0.29) is 16.3 Å². The molecule has 2 aromatic rings. The molecule has 0 saturated carbocycles. The highest BCUT2D eigenvalue weighted by Crippen LogP contribution is 2.31. The Hall–Kier alpha value is -2.25. The summed E-state index contributed by atoms with van der Waals surface area (Å²) < 4.78 is 44.0. The zero-order chi connectivity index (χ0) is 19.3. The van der Waals surface area contributed by atoms with Crippen LogP contribution in [0.1, 0.15) is 18.1 Å². The summed E-state index contributed by atoms with van der Waals surface area (Å²) >= 11 is 11.7. The van der Waals surface area contributed by atoms with E-state index in [0.29, 0.717) is 5.02 Å². The van der Waals surface area contributed by atoms with Crippen molar-refractivity contribution in [2.75, 3.05) is 0 Å². The summed E-state index contributed by atoms with van der Waals surface area (Å²) in [6, 6.07) is 9.37. The Morgan fingerprint density at radius 1 is 1.23 bits per heavy atom. The molecule has 2 rings (SSSR count). The van der Waals surface area contributed by atoms with Crippen LogP contribution in [0.15, 0.2) is 47.6 Å². The molecule has 0 fully saturated rings. The van der Waals surface area contributed by atoms with Crippen molar-refractivity contribution in [2.24, 2.45) is 5.10 Å². The van der Waals surface area contributed by atoms with Crippen molar-refractivity contribution in [2.45, 2.75) is 19.2 Å². The Bertz CT molecular complexity index is 826. The number of alkyl halides is 3. The van der Waals surface area contributed by atoms with Crippen LogP contribution >= 0.6 is 23.2 Å². The molecule has 4 nitrogen and oxygen atoms in total. The second kappa shape index (κ2) is 8.42. The number of hydrogen-bond donors (Lipinski definition) is 1. The maximum Gasteiger partial charge on any atom is 0.417 e. The van der Waals surface area contributed by atoms with E-state index in [0.717, 1.165) is 12.3 Å². The van der Waals surface area contributed by atoms with Gasteiger partial charge in [-0.1, -0.05) is 41.4 Å². The van der Waals surface area contributed by atoms with Gasteiger partial charge >= 0.3 is 6.18 Å². The Morgan fingerprint density at radius 2 is 1.92 bits per heavy atom. The van der Waals surface area contributed by atoms with Gasteiger partial charge in [0.15, 0.2) is 6.10 Å². The van der Waals surface area contributed by atoms with Gasteiger partial charge in [-0.2, -0.15) is 18.3 Å². The average Bonchev–Trinajstić information content (AvgIpc) is 2.56. The normalized spacial score (nSPS) is 12.8. The molecule has 9 heteroatoms. The van der Waals surface area contributed by atoms with Crippen LogP contribution < -0.4 is 10.2 Å². The first-order valence-electron chi connectivity index (χ1n) is 7.29. The number of benzene rings is 2. The van der Waals surface area contributed by atoms with Crippen LogP contribution in [0.5, 0.6) is 5.75 Å². The summed E-state index contributed by atoms with van der Waals surface area (Å²) in [7, 11) is 0. The van der Waals surface area contributed by atoms with Gasteiger partial charge in [-0.25, -0.2) is 5.43 Å². The fraction of sp³-hybridized carbons (Fsp3) is 0.176. The first-order chi connectivity index (χ1) is 12.2. The second-order valence-electron chi connectivity index (χ2n) is 5.15. The molecule has 138 valence electrons. The molecule has 0 saturated heterocycles. The highest BCUT2D eigenvalue weighted by molar-refractivity contribution is 6.35. The number of nitrogens with one attached hydrogen (secondary N) is 1. The van der Waals surface area contributed by atoms with E-state index in [1.165, 1.54) is 37.3 Å². The molecule has 0 radical (unpaired) electrons. The van der Waals surface area contributed by atoms with Gasteiger partial charge in [-0.3, -0.25) is 4.79 Å². The van der Waals surface area contributed by atoms with Crippen LogP contribution in [0.2, 0.25) is 10.0 Å². The first kappa shape index (κ1) is 20.1. The SMILES string of the molecule is CC(Oc1ccc(Cl)cc1Cl)C(=O)NN=Cc1ccccc1C(F)(F)F. The van der Waals surface area contributed by atoms with E-state index in [1.54, 1.807) is 6.07 Å². The van der Waals surface area contributed by atoms with E-state index < -0.39 is 23.8 Å². The standard InChI is InChI=1S/C17H13Cl2F3N2O2/c1-10(26-15-7-6-12(18)8-14(15)19)16(25)24-23-9-11-4-2-3-5-13(11)17(20,21)22/h2-10H,1H3,(H,24,25). The molecule has 0 heterocycles. The van der Waals surface area contributed by atoms with E-state index >= 15 is 0 Å². The highest BCUT2D eigenvalue weighted by atomic mass is 35.5. The fourth-order valence-electron chi connectivity index (χ4n) is 1.94. The van der Waals surface area contributed by atoms with Gasteiger partial charge in [0, 0.05) is 10.6 Å². The zero-order valence-electron chi connectivity index (χ0n) is 13.3. The third-order valence-electron chi connectivity index (χ3n) is 3.21. The number of nitrogens with zero attached hydrogens (tertiary/aromatic N) is 1. The molecule has 0 aliphatic heterocycles.